The molecule has 3 aromatic rings. The Balaban J connectivity index is 1.58. The van der Waals surface area contributed by atoms with Crippen LogP contribution in [0.4, 0.5) is 4.39 Å². The van der Waals surface area contributed by atoms with Gasteiger partial charge in [-0.25, -0.2) is 4.39 Å². The number of aryl methyl sites for hydroxylation is 1. The number of aromatic nitrogens is 1. The molecule has 0 amide bonds. The molecule has 1 aliphatic heterocycles. The van der Waals surface area contributed by atoms with E-state index in [-0.39, 0.29) is 18.0 Å². The van der Waals surface area contributed by atoms with Crippen LogP contribution in [0.2, 0.25) is 0 Å². The molecule has 0 fully saturated rings. The number of ether oxygens (including phenoxy) is 1. The fraction of sp³-hybridized carbons (Fsp3) is 0.190. The highest BCUT2D eigenvalue weighted by molar-refractivity contribution is 5.63. The molecular formula is C21H19FN2O. The number of nitrogens with two attached hydrogens (primary N) is 1. The van der Waals surface area contributed by atoms with Crippen LogP contribution < -0.4 is 10.5 Å². The molecule has 2 aromatic carbocycles. The molecular weight excluding hydrogens is 315 g/mol. The van der Waals surface area contributed by atoms with Crippen LogP contribution in [0.25, 0.3) is 11.1 Å². The van der Waals surface area contributed by atoms with Crippen LogP contribution in [0.1, 0.15) is 23.6 Å². The lowest BCUT2D eigenvalue weighted by Crippen LogP contribution is -2.34. The number of hydrogen-bond donors (Lipinski definition) is 1. The summed E-state index contributed by atoms with van der Waals surface area (Å²) in [4.78, 5) is 4.31. The minimum absolute atomic E-state index is 0.0832. The molecule has 0 aliphatic carbocycles. The Morgan fingerprint density at radius 3 is 2.68 bits per heavy atom. The molecule has 0 radical (unpaired) electrons. The summed E-state index contributed by atoms with van der Waals surface area (Å²) in [5, 5.41) is 0. The first kappa shape index (κ1) is 15.8. The van der Waals surface area contributed by atoms with Gasteiger partial charge in [-0.15, -0.1) is 0 Å². The largest absolute Gasteiger partial charge is 0.488 e. The fourth-order valence-electron chi connectivity index (χ4n) is 3.25. The molecule has 0 saturated carbocycles. The smallest absolute Gasteiger partial charge is 0.123 e. The van der Waals surface area contributed by atoms with Crippen LogP contribution >= 0.6 is 0 Å². The minimum atomic E-state index is -0.263. The van der Waals surface area contributed by atoms with Crippen molar-refractivity contribution in [2.45, 2.75) is 25.0 Å². The maximum absolute atomic E-state index is 13.1. The molecule has 1 unspecified atom stereocenters. The standard InChI is InChI=1S/C21H19FN2O/c22-18-8-5-14(6-9-18)16-11-17(13-24-12-16)21(23)20-10-7-15-3-1-2-4-19(15)25-20/h1-6,8-9,11-13,20-21H,7,10,23H2/t20-,21?/m1/s1. The molecule has 25 heavy (non-hydrogen) atoms. The summed E-state index contributed by atoms with van der Waals surface area (Å²) in [5.74, 6) is 0.663. The lowest BCUT2D eigenvalue weighted by Gasteiger charge is -2.30. The van der Waals surface area contributed by atoms with E-state index in [1.807, 2.05) is 24.3 Å². The zero-order valence-corrected chi connectivity index (χ0v) is 13.7. The third-order valence-electron chi connectivity index (χ3n) is 4.67. The molecule has 1 aliphatic rings. The van der Waals surface area contributed by atoms with Crippen molar-refractivity contribution in [3.8, 4) is 16.9 Å². The molecule has 0 bridgehead atoms. The maximum Gasteiger partial charge on any atom is 0.123 e. The number of pyridine rings is 1. The van der Waals surface area contributed by atoms with Gasteiger partial charge in [-0.05, 0) is 53.8 Å². The highest BCUT2D eigenvalue weighted by atomic mass is 19.1. The van der Waals surface area contributed by atoms with Crippen molar-refractivity contribution in [1.29, 1.82) is 0 Å². The molecule has 3 nitrogen and oxygen atoms in total. The molecule has 4 rings (SSSR count). The predicted octanol–water partition coefficient (Wildman–Crippen LogP) is 4.28. The van der Waals surface area contributed by atoms with Crippen LogP contribution in [0.15, 0.2) is 67.0 Å². The SMILES string of the molecule is NC(c1cncc(-c2ccc(F)cc2)c1)[C@H]1CCc2ccccc2O1. The van der Waals surface area contributed by atoms with E-state index in [1.54, 1.807) is 24.5 Å². The van der Waals surface area contributed by atoms with E-state index in [1.165, 1.54) is 17.7 Å². The Kier molecular flexibility index (Phi) is 4.20. The lowest BCUT2D eigenvalue weighted by molar-refractivity contribution is 0.145. The normalized spacial score (nSPS) is 17.4. The lowest BCUT2D eigenvalue weighted by atomic mass is 9.93. The molecule has 2 N–H and O–H groups in total. The van der Waals surface area contributed by atoms with Gasteiger partial charge >= 0.3 is 0 Å². The van der Waals surface area contributed by atoms with E-state index in [4.69, 9.17) is 10.5 Å². The van der Waals surface area contributed by atoms with Crippen molar-refractivity contribution in [3.05, 3.63) is 83.9 Å². The van der Waals surface area contributed by atoms with Crippen molar-refractivity contribution >= 4 is 0 Å². The molecule has 2 atom stereocenters. The summed E-state index contributed by atoms with van der Waals surface area (Å²) in [6, 6.07) is 16.2. The Hall–Kier alpha value is -2.72. The Morgan fingerprint density at radius 2 is 1.84 bits per heavy atom. The summed E-state index contributed by atoms with van der Waals surface area (Å²) in [6.07, 6.45) is 5.29. The van der Waals surface area contributed by atoms with Crippen molar-refractivity contribution in [2.24, 2.45) is 5.73 Å². The quantitative estimate of drug-likeness (QED) is 0.778. The van der Waals surface area contributed by atoms with Gasteiger partial charge in [0.15, 0.2) is 0 Å². The first-order chi connectivity index (χ1) is 12.2. The molecule has 4 heteroatoms. The number of nitrogens with zero attached hydrogens (tertiary/aromatic N) is 1. The average Bonchev–Trinajstić information content (AvgIpc) is 2.68. The Morgan fingerprint density at radius 1 is 1.04 bits per heavy atom. The highest BCUT2D eigenvalue weighted by Gasteiger charge is 2.26. The van der Waals surface area contributed by atoms with Gasteiger partial charge in [-0.2, -0.15) is 0 Å². The van der Waals surface area contributed by atoms with Gasteiger partial charge in [0, 0.05) is 18.0 Å². The van der Waals surface area contributed by atoms with Crippen LogP contribution in [0.5, 0.6) is 5.75 Å². The first-order valence-corrected chi connectivity index (χ1v) is 8.42. The monoisotopic (exact) mass is 334 g/mol. The van der Waals surface area contributed by atoms with Crippen LogP contribution in [0.3, 0.4) is 0 Å². The summed E-state index contributed by atoms with van der Waals surface area (Å²) >= 11 is 0. The zero-order chi connectivity index (χ0) is 17.2. The molecule has 1 aromatic heterocycles. The number of halogens is 1. The zero-order valence-electron chi connectivity index (χ0n) is 13.7. The van der Waals surface area contributed by atoms with Gasteiger partial charge in [-0.3, -0.25) is 4.98 Å². The third-order valence-corrected chi connectivity index (χ3v) is 4.67. The number of rotatable bonds is 3. The van der Waals surface area contributed by atoms with Crippen LogP contribution in [0, 0.1) is 5.82 Å². The van der Waals surface area contributed by atoms with Gasteiger partial charge < -0.3 is 10.5 Å². The van der Waals surface area contributed by atoms with Gasteiger partial charge in [-0.1, -0.05) is 30.3 Å². The van der Waals surface area contributed by atoms with E-state index < -0.39 is 0 Å². The summed E-state index contributed by atoms with van der Waals surface area (Å²) < 4.78 is 19.2. The predicted molar refractivity (Wildman–Crippen MR) is 95.7 cm³/mol. The van der Waals surface area contributed by atoms with E-state index >= 15 is 0 Å². The second-order valence-electron chi connectivity index (χ2n) is 6.34. The van der Waals surface area contributed by atoms with Crippen molar-refractivity contribution < 1.29 is 9.13 Å². The first-order valence-electron chi connectivity index (χ1n) is 8.42. The van der Waals surface area contributed by atoms with Crippen molar-refractivity contribution in [2.75, 3.05) is 0 Å². The van der Waals surface area contributed by atoms with E-state index in [2.05, 4.69) is 11.1 Å². The molecule has 2 heterocycles. The summed E-state index contributed by atoms with van der Waals surface area (Å²) in [5.41, 5.74) is 10.5. The highest BCUT2D eigenvalue weighted by Crippen LogP contribution is 2.32. The number of hydrogen-bond acceptors (Lipinski definition) is 3. The Bertz CT molecular complexity index is 879. The van der Waals surface area contributed by atoms with E-state index in [0.29, 0.717) is 0 Å². The summed E-state index contributed by atoms with van der Waals surface area (Å²) in [6.45, 7) is 0. The molecule has 0 saturated heterocycles. The van der Waals surface area contributed by atoms with E-state index in [9.17, 15) is 4.39 Å². The van der Waals surface area contributed by atoms with Crippen LogP contribution in [-0.2, 0) is 6.42 Å². The molecule has 0 spiro atoms. The number of para-hydroxylation sites is 1. The Labute approximate surface area is 146 Å². The second kappa shape index (κ2) is 6.65. The topological polar surface area (TPSA) is 48.1 Å². The van der Waals surface area contributed by atoms with Gasteiger partial charge in [0.05, 0.1) is 6.04 Å². The minimum Gasteiger partial charge on any atom is -0.488 e. The third kappa shape index (κ3) is 3.26. The molecule has 126 valence electrons. The van der Waals surface area contributed by atoms with Gasteiger partial charge in [0.2, 0.25) is 0 Å². The van der Waals surface area contributed by atoms with E-state index in [0.717, 1.165) is 35.3 Å². The summed E-state index contributed by atoms with van der Waals surface area (Å²) in [7, 11) is 0. The number of fused-ring (bicyclic) bond motifs is 1. The maximum atomic E-state index is 13.1. The van der Waals surface area contributed by atoms with Crippen LogP contribution in [-0.4, -0.2) is 11.1 Å². The van der Waals surface area contributed by atoms with Crippen molar-refractivity contribution in [3.63, 3.8) is 0 Å². The second-order valence-corrected chi connectivity index (χ2v) is 6.34. The van der Waals surface area contributed by atoms with Gasteiger partial charge in [0.1, 0.15) is 17.7 Å². The fourth-order valence-corrected chi connectivity index (χ4v) is 3.25. The number of benzene rings is 2. The van der Waals surface area contributed by atoms with Crippen molar-refractivity contribution in [1.82, 2.24) is 4.98 Å². The average molecular weight is 334 g/mol. The van der Waals surface area contributed by atoms with Gasteiger partial charge in [0.25, 0.3) is 0 Å².